The lowest BCUT2D eigenvalue weighted by atomic mass is 9.67. The molecule has 0 unspecified atom stereocenters. The van der Waals surface area contributed by atoms with E-state index < -0.39 is 72.1 Å². The summed E-state index contributed by atoms with van der Waals surface area (Å²) in [4.78, 5) is 73.1. The van der Waals surface area contributed by atoms with Gasteiger partial charge in [-0.15, -0.1) is 0 Å². The van der Waals surface area contributed by atoms with Gasteiger partial charge in [0.15, 0.2) is 24.8 Å². The van der Waals surface area contributed by atoms with Crippen LogP contribution in [0, 0.1) is 117 Å². The summed E-state index contributed by atoms with van der Waals surface area (Å²) in [5.74, 6) is -1.76. The van der Waals surface area contributed by atoms with Crippen LogP contribution in [0.3, 0.4) is 0 Å². The number of nitriles is 4. The Kier molecular flexibility index (Phi) is 33.3. The van der Waals surface area contributed by atoms with E-state index >= 15 is 0 Å². The number of hydrogen-bond acceptors (Lipinski definition) is 25. The second-order valence-corrected chi connectivity index (χ2v) is 38.7. The molecule has 29 heteroatoms. The molecule has 29 nitrogen and oxygen atoms in total. The highest BCUT2D eigenvalue weighted by Crippen LogP contribution is 2.51. The molecule has 0 amide bonds. The standard InChI is InChI=1S/C29H33N3O5.2C28H31N3O4.C26H35N3O4/c1-35-19-8-10-20(11-9-19)37-26-15-23-18(7-12-25(33)27(23)29(34)36-2)16-32(17-30)14-13-22-21-5-3-4-6-24(21)31-28(22)26;2*1-34-28(33)26-22-15-25(35-19-7-3-2-4-8-19)27-21(20-9-5-6-10-23(20)30-27)13-14-31(17-29)16-18(22)11-12-24(26)32;1-3-4-13-33-23-14-20-17(9-10-22(30)24(20)26(31)32-2)15-29(16-27)12-11-19-18-7-5-6-8-21(18)28-25(19)23/h3-6,8-11,18,23,25-27,31,33H,7,12-16H2,1-2H3;2*2-10,18,22,24-26,30,32H,11-16H2,1H3;5-8,17,20,22-24,28,30H,3-4,9-15H2,1-2H3/t18-,23-,25-,26+,27+;18-,22-,24-,25+,26+;18-,22-,24-,25-,26+;17-,20-,22-,23-,24+/m0000/s1. The molecule has 19 rings (SSSR count). The number of aliphatic hydroxyl groups excluding tert-OH is 4. The lowest BCUT2D eigenvalue weighted by molar-refractivity contribution is -0.159. The molecule has 736 valence electrons. The minimum atomic E-state index is -0.795. The van der Waals surface area contributed by atoms with Gasteiger partial charge in [0.2, 0.25) is 0 Å². The van der Waals surface area contributed by atoms with Gasteiger partial charge in [0, 0.05) is 108 Å². The summed E-state index contributed by atoms with van der Waals surface area (Å²) in [7, 11) is 7.11. The number of aromatic amines is 4. The molecule has 4 fully saturated rings. The van der Waals surface area contributed by atoms with E-state index in [4.69, 9.17) is 42.6 Å². The number of hydrogen-bond donors (Lipinski definition) is 8. The van der Waals surface area contributed by atoms with E-state index in [9.17, 15) is 60.7 Å². The molecule has 140 heavy (non-hydrogen) atoms. The van der Waals surface area contributed by atoms with E-state index in [-0.39, 0.29) is 71.6 Å². The topological polar surface area (TPSA) is 404 Å². The Morgan fingerprint density at radius 1 is 0.336 bits per heavy atom. The van der Waals surface area contributed by atoms with Gasteiger partial charge >= 0.3 is 23.9 Å². The van der Waals surface area contributed by atoms with Gasteiger partial charge in [0.1, 0.15) is 41.3 Å². The summed E-state index contributed by atoms with van der Waals surface area (Å²) in [5.41, 5.74) is 12.6. The number of para-hydroxylation sites is 6. The van der Waals surface area contributed by atoms with Crippen molar-refractivity contribution in [3.63, 3.8) is 0 Å². The SMILES string of the molecule is CCCCO[C@H]1C[C@H]2[C@@H](CC[C@H](O)[C@@H]2C(=O)OC)CN(C#N)CCc2c1[nH]c1ccccc21.COC(=O)[C@@H]1[C@H]2C[C@@H](Oc3ccc(OC)cc3)c3[nH]c4ccccc4c3CCN(C#N)C[C@@H]2CC[C@@H]1O.COC(=O)[C@@H]1[C@H]2C[C@@H](Oc3ccccc3)c3[nH]c4ccccc4c3CCN(C#N)C[C@@H]2CC[C@@H]1O.COC(=O)[C@@H]1[C@H]2C[C@H](Oc3ccccc3)c3[nH]c4ccccc4c3CCN(C#N)C[C@@H]2CC[C@@H]1O. The predicted octanol–water partition coefficient (Wildman–Crippen LogP) is 16.5. The van der Waals surface area contributed by atoms with Gasteiger partial charge in [0.05, 0.1) is 107 Å². The molecule has 4 aliphatic heterocycles. The highest BCUT2D eigenvalue weighted by molar-refractivity contribution is 5.88. The Balaban J connectivity index is 0.000000135. The van der Waals surface area contributed by atoms with Crippen LogP contribution in [0.2, 0.25) is 0 Å². The minimum Gasteiger partial charge on any atom is -0.497 e. The quantitative estimate of drug-likeness (QED) is 0.0204. The largest absolute Gasteiger partial charge is 0.497 e. The van der Waals surface area contributed by atoms with E-state index in [2.05, 4.69) is 82.0 Å². The molecule has 4 aliphatic carbocycles. The molecule has 11 aromatic rings. The number of esters is 4. The number of benzene rings is 7. The summed E-state index contributed by atoms with van der Waals surface area (Å²) in [6.45, 7) is 7.35. The van der Waals surface area contributed by atoms with Gasteiger partial charge in [-0.05, 0) is 252 Å². The number of nitrogens with one attached hydrogen (secondary N) is 4. The van der Waals surface area contributed by atoms with Crippen LogP contribution in [0.1, 0.15) is 166 Å². The van der Waals surface area contributed by atoms with Crippen molar-refractivity contribution in [3.8, 4) is 47.8 Å². The number of carbonyl (C=O) groups excluding carboxylic acids is 4. The van der Waals surface area contributed by atoms with Crippen molar-refractivity contribution in [3.05, 3.63) is 227 Å². The Morgan fingerprint density at radius 2 is 0.586 bits per heavy atom. The summed E-state index contributed by atoms with van der Waals surface area (Å²) < 4.78 is 52.1. The fourth-order valence-electron chi connectivity index (χ4n) is 23.9. The van der Waals surface area contributed by atoms with Gasteiger partial charge < -0.3 is 103 Å². The number of rotatable bonds is 15. The number of carbonyl (C=O) groups is 4. The first-order valence-electron chi connectivity index (χ1n) is 49.6. The van der Waals surface area contributed by atoms with Crippen molar-refractivity contribution in [1.82, 2.24) is 39.5 Å². The van der Waals surface area contributed by atoms with E-state index in [0.29, 0.717) is 135 Å². The maximum Gasteiger partial charge on any atom is 0.311 e. The highest BCUT2D eigenvalue weighted by atomic mass is 16.5. The molecule has 0 spiro atoms. The van der Waals surface area contributed by atoms with E-state index in [1.807, 2.05) is 157 Å². The van der Waals surface area contributed by atoms with Gasteiger partial charge in [0.25, 0.3) is 0 Å². The molecule has 4 saturated carbocycles. The Hall–Kier alpha value is -13.3. The fourth-order valence-corrected chi connectivity index (χ4v) is 23.9. The Bertz CT molecular complexity index is 6000. The zero-order valence-electron chi connectivity index (χ0n) is 80.6. The van der Waals surface area contributed by atoms with Crippen molar-refractivity contribution in [1.29, 1.82) is 21.0 Å². The normalized spacial score (nSPS) is 26.8. The number of aromatic nitrogens is 4. The zero-order chi connectivity index (χ0) is 98.0. The first-order valence-corrected chi connectivity index (χ1v) is 49.6. The molecular formula is C111H130N12O17. The van der Waals surface area contributed by atoms with Crippen molar-refractivity contribution in [2.75, 3.05) is 94.5 Å². The van der Waals surface area contributed by atoms with Crippen LogP contribution in [0.4, 0.5) is 0 Å². The molecule has 0 saturated heterocycles. The molecule has 4 aromatic heterocycles. The first-order chi connectivity index (χ1) is 68.3. The average Bonchev–Trinajstić information content (AvgIpc) is 1.61. The van der Waals surface area contributed by atoms with E-state index in [1.165, 1.54) is 34.0 Å². The van der Waals surface area contributed by atoms with Crippen LogP contribution in [-0.2, 0) is 68.5 Å². The van der Waals surface area contributed by atoms with Crippen molar-refractivity contribution < 1.29 is 82.2 Å². The highest BCUT2D eigenvalue weighted by Gasteiger charge is 2.52. The molecule has 0 radical (unpaired) electrons. The molecule has 7 aromatic carbocycles. The summed E-state index contributed by atoms with van der Waals surface area (Å²) >= 11 is 0. The predicted molar refractivity (Wildman–Crippen MR) is 526 cm³/mol. The van der Waals surface area contributed by atoms with Crippen LogP contribution < -0.4 is 18.9 Å². The number of ether oxygens (including phenoxy) is 9. The summed E-state index contributed by atoms with van der Waals surface area (Å²) in [6, 6.07) is 59.6. The van der Waals surface area contributed by atoms with Gasteiger partial charge in [-0.1, -0.05) is 123 Å². The number of H-pyrrole nitrogens is 4. The van der Waals surface area contributed by atoms with E-state index in [0.717, 1.165) is 145 Å². The number of nitrogens with zero attached hydrogens (tertiary/aromatic N) is 8. The second-order valence-electron chi connectivity index (χ2n) is 38.7. The van der Waals surface area contributed by atoms with Crippen LogP contribution in [0.15, 0.2) is 182 Å². The van der Waals surface area contributed by atoms with Crippen LogP contribution in [0.25, 0.3) is 43.6 Å². The maximum atomic E-state index is 12.9. The lowest BCUT2D eigenvalue weighted by Gasteiger charge is -2.42. The Morgan fingerprint density at radius 3 is 0.850 bits per heavy atom. The molecular weight excluding hydrogens is 1770 g/mol. The molecule has 8 aliphatic rings. The van der Waals surface area contributed by atoms with Crippen LogP contribution in [-0.4, -0.2) is 203 Å². The van der Waals surface area contributed by atoms with E-state index in [1.54, 1.807) is 21.8 Å². The summed E-state index contributed by atoms with van der Waals surface area (Å²) in [6.07, 6.45) is 17.1. The van der Waals surface area contributed by atoms with Gasteiger partial charge in [-0.2, -0.15) is 21.0 Å². The van der Waals surface area contributed by atoms with Crippen LogP contribution in [0.5, 0.6) is 23.0 Å². The van der Waals surface area contributed by atoms with Crippen molar-refractivity contribution in [2.24, 2.45) is 71.0 Å². The second kappa shape index (κ2) is 46.7. The third-order valence-electron chi connectivity index (χ3n) is 30.9. The third-order valence-corrected chi connectivity index (χ3v) is 30.9. The molecule has 0 bridgehead atoms. The average molecular weight is 1900 g/mol. The zero-order valence-corrected chi connectivity index (χ0v) is 80.6. The van der Waals surface area contributed by atoms with Crippen LogP contribution >= 0.6 is 0 Å². The third kappa shape index (κ3) is 22.4. The monoisotopic (exact) mass is 1900 g/mol. The molecule has 8 heterocycles. The lowest BCUT2D eigenvalue weighted by Crippen LogP contribution is -2.47. The first kappa shape index (κ1) is 99.7. The van der Waals surface area contributed by atoms with Crippen molar-refractivity contribution in [2.45, 2.75) is 171 Å². The molecule has 20 atom stereocenters. The van der Waals surface area contributed by atoms with Gasteiger partial charge in [-0.3, -0.25) is 19.2 Å². The van der Waals surface area contributed by atoms with Crippen molar-refractivity contribution >= 4 is 67.5 Å². The number of methoxy groups -OCH3 is 5. The Labute approximate surface area is 817 Å². The molecule has 8 N–H and O–H groups in total. The number of unbranched alkanes of at least 4 members (excludes halogenated alkanes) is 1. The fraction of sp³-hybridized carbons (Fsp3) is 0.477. The van der Waals surface area contributed by atoms with Gasteiger partial charge in [-0.25, -0.2) is 0 Å². The number of aliphatic hydroxyl groups is 4. The smallest absolute Gasteiger partial charge is 0.311 e. The maximum absolute atomic E-state index is 12.9. The summed E-state index contributed by atoms with van der Waals surface area (Å²) in [5, 5.41) is 87.5. The number of fused-ring (bicyclic) bond motifs is 16. The minimum absolute atomic E-state index is 0.0417.